The van der Waals surface area contributed by atoms with Crippen molar-refractivity contribution in [2.45, 2.75) is 20.3 Å². The molecule has 0 aliphatic carbocycles. The van der Waals surface area contributed by atoms with Crippen molar-refractivity contribution in [3.8, 4) is 16.9 Å². The molecule has 0 radical (unpaired) electrons. The van der Waals surface area contributed by atoms with Crippen LogP contribution in [0.3, 0.4) is 0 Å². The number of hydrogen-bond donors (Lipinski definition) is 0. The summed E-state index contributed by atoms with van der Waals surface area (Å²) in [5.74, 6) is -0.770. The van der Waals surface area contributed by atoms with Gasteiger partial charge in [0.15, 0.2) is 5.69 Å². The third-order valence-electron chi connectivity index (χ3n) is 4.53. The average Bonchev–Trinajstić information content (AvgIpc) is 3.14. The number of methoxy groups -OCH3 is 2. The Morgan fingerprint density at radius 2 is 1.55 bits per heavy atom. The first-order valence-corrected chi connectivity index (χ1v) is 9.40. The summed E-state index contributed by atoms with van der Waals surface area (Å²) in [6, 6.07) is 17.0. The maximum absolute atomic E-state index is 12.6. The van der Waals surface area contributed by atoms with Gasteiger partial charge in [-0.2, -0.15) is 5.10 Å². The van der Waals surface area contributed by atoms with Crippen LogP contribution in [0.2, 0.25) is 0 Å². The van der Waals surface area contributed by atoms with Crippen LogP contribution in [0, 0.1) is 5.92 Å². The number of rotatable bonds is 6. The molecule has 2 aromatic carbocycles. The van der Waals surface area contributed by atoms with Crippen LogP contribution >= 0.6 is 0 Å². The SMILES string of the molecule is COC(=O)c1c(-c2ccc(CC(C)C)cc2)nn(-c2ccccc2)c1C(=O)OC. The molecule has 0 amide bonds. The molecule has 6 nitrogen and oxygen atoms in total. The zero-order valence-corrected chi connectivity index (χ0v) is 17.0. The number of aromatic nitrogens is 2. The fraction of sp³-hybridized carbons (Fsp3) is 0.261. The van der Waals surface area contributed by atoms with Gasteiger partial charge in [0.1, 0.15) is 11.3 Å². The van der Waals surface area contributed by atoms with E-state index in [1.807, 2.05) is 42.5 Å². The Labute approximate surface area is 170 Å². The Morgan fingerprint density at radius 3 is 2.10 bits per heavy atom. The molecule has 0 saturated heterocycles. The van der Waals surface area contributed by atoms with Crippen molar-refractivity contribution < 1.29 is 19.1 Å². The van der Waals surface area contributed by atoms with Crippen LogP contribution in [-0.4, -0.2) is 35.9 Å². The molecular weight excluding hydrogens is 368 g/mol. The minimum absolute atomic E-state index is 0.0341. The Balaban J connectivity index is 2.22. The fourth-order valence-electron chi connectivity index (χ4n) is 3.23. The summed E-state index contributed by atoms with van der Waals surface area (Å²) < 4.78 is 11.3. The third kappa shape index (κ3) is 4.21. The lowest BCUT2D eigenvalue weighted by molar-refractivity contribution is 0.0549. The molecule has 0 aliphatic rings. The van der Waals surface area contributed by atoms with Gasteiger partial charge in [0.05, 0.1) is 19.9 Å². The average molecular weight is 392 g/mol. The fourth-order valence-corrected chi connectivity index (χ4v) is 3.23. The molecule has 0 N–H and O–H groups in total. The largest absolute Gasteiger partial charge is 0.465 e. The monoisotopic (exact) mass is 392 g/mol. The highest BCUT2D eigenvalue weighted by molar-refractivity contribution is 6.06. The topological polar surface area (TPSA) is 70.4 Å². The summed E-state index contributed by atoms with van der Waals surface area (Å²) in [5, 5.41) is 4.59. The van der Waals surface area contributed by atoms with E-state index in [0.717, 1.165) is 12.0 Å². The first kappa shape index (κ1) is 20.3. The predicted octanol–water partition coefficient (Wildman–Crippen LogP) is 4.31. The van der Waals surface area contributed by atoms with Crippen molar-refractivity contribution in [2.24, 2.45) is 5.92 Å². The summed E-state index contributed by atoms with van der Waals surface area (Å²) in [6.07, 6.45) is 0.954. The molecule has 0 atom stereocenters. The summed E-state index contributed by atoms with van der Waals surface area (Å²) in [6.45, 7) is 4.32. The van der Waals surface area contributed by atoms with Gasteiger partial charge in [-0.05, 0) is 30.0 Å². The Bertz CT molecular complexity index is 1010. The van der Waals surface area contributed by atoms with E-state index in [0.29, 0.717) is 17.3 Å². The number of para-hydroxylation sites is 1. The van der Waals surface area contributed by atoms with Crippen LogP contribution in [0.1, 0.15) is 40.3 Å². The zero-order chi connectivity index (χ0) is 21.0. The van der Waals surface area contributed by atoms with E-state index >= 15 is 0 Å². The second-order valence-corrected chi connectivity index (χ2v) is 7.10. The third-order valence-corrected chi connectivity index (χ3v) is 4.53. The molecule has 0 aliphatic heterocycles. The predicted molar refractivity (Wildman–Crippen MR) is 110 cm³/mol. The van der Waals surface area contributed by atoms with Gasteiger partial charge in [-0.1, -0.05) is 56.3 Å². The Morgan fingerprint density at radius 1 is 0.931 bits per heavy atom. The molecular formula is C23H24N2O4. The molecule has 0 bridgehead atoms. The molecule has 0 saturated carbocycles. The highest BCUT2D eigenvalue weighted by Gasteiger charge is 2.31. The number of carbonyl (C=O) groups excluding carboxylic acids is 2. The van der Waals surface area contributed by atoms with E-state index in [1.54, 1.807) is 12.1 Å². The van der Waals surface area contributed by atoms with Crippen LogP contribution in [-0.2, 0) is 15.9 Å². The molecule has 6 heteroatoms. The molecule has 1 heterocycles. The lowest BCUT2D eigenvalue weighted by atomic mass is 9.99. The Hall–Kier alpha value is -3.41. The molecule has 1 aromatic heterocycles. The van der Waals surface area contributed by atoms with Gasteiger partial charge in [-0.25, -0.2) is 14.3 Å². The first-order valence-electron chi connectivity index (χ1n) is 9.40. The van der Waals surface area contributed by atoms with Gasteiger partial charge in [-0.15, -0.1) is 0 Å². The van der Waals surface area contributed by atoms with Crippen LogP contribution in [0.4, 0.5) is 0 Å². The smallest absolute Gasteiger partial charge is 0.357 e. The molecule has 0 spiro atoms. The summed E-state index contributed by atoms with van der Waals surface area (Å²) >= 11 is 0. The lowest BCUT2D eigenvalue weighted by Crippen LogP contribution is -2.15. The van der Waals surface area contributed by atoms with Crippen LogP contribution in [0.25, 0.3) is 16.9 Å². The van der Waals surface area contributed by atoms with Crippen molar-refractivity contribution in [1.29, 1.82) is 0 Å². The van der Waals surface area contributed by atoms with E-state index in [-0.39, 0.29) is 11.3 Å². The van der Waals surface area contributed by atoms with Gasteiger partial charge >= 0.3 is 11.9 Å². The normalized spacial score (nSPS) is 10.8. The molecule has 3 rings (SSSR count). The van der Waals surface area contributed by atoms with E-state index in [1.165, 1.54) is 24.5 Å². The number of benzene rings is 2. The summed E-state index contributed by atoms with van der Waals surface area (Å²) in [4.78, 5) is 25.2. The van der Waals surface area contributed by atoms with E-state index in [2.05, 4.69) is 18.9 Å². The quantitative estimate of drug-likeness (QED) is 0.585. The number of hydrogen-bond acceptors (Lipinski definition) is 5. The molecule has 29 heavy (non-hydrogen) atoms. The number of ether oxygens (including phenoxy) is 2. The van der Waals surface area contributed by atoms with E-state index in [9.17, 15) is 9.59 Å². The van der Waals surface area contributed by atoms with Crippen molar-refractivity contribution in [2.75, 3.05) is 14.2 Å². The van der Waals surface area contributed by atoms with Crippen molar-refractivity contribution in [3.63, 3.8) is 0 Å². The van der Waals surface area contributed by atoms with Crippen LogP contribution < -0.4 is 0 Å². The number of nitrogens with zero attached hydrogens (tertiary/aromatic N) is 2. The van der Waals surface area contributed by atoms with E-state index < -0.39 is 11.9 Å². The summed E-state index contributed by atoms with van der Waals surface area (Å²) in [5.41, 5.74) is 3.04. The van der Waals surface area contributed by atoms with Crippen LogP contribution in [0.5, 0.6) is 0 Å². The standard InChI is InChI=1S/C23H24N2O4/c1-15(2)14-16-10-12-17(13-11-16)20-19(22(26)28-3)21(23(27)29-4)25(24-20)18-8-6-5-7-9-18/h5-13,15H,14H2,1-4H3. The van der Waals surface area contributed by atoms with Crippen molar-refractivity contribution >= 4 is 11.9 Å². The van der Waals surface area contributed by atoms with Gasteiger partial charge in [0.2, 0.25) is 0 Å². The zero-order valence-electron chi connectivity index (χ0n) is 17.0. The maximum Gasteiger partial charge on any atom is 0.357 e. The minimum Gasteiger partial charge on any atom is -0.465 e. The minimum atomic E-state index is -0.663. The van der Waals surface area contributed by atoms with Crippen molar-refractivity contribution in [1.82, 2.24) is 9.78 Å². The van der Waals surface area contributed by atoms with Crippen molar-refractivity contribution in [3.05, 3.63) is 71.4 Å². The second-order valence-electron chi connectivity index (χ2n) is 7.10. The first-order chi connectivity index (χ1) is 14.0. The Kier molecular flexibility index (Phi) is 6.12. The molecule has 0 fully saturated rings. The highest BCUT2D eigenvalue weighted by atomic mass is 16.5. The maximum atomic E-state index is 12.6. The molecule has 3 aromatic rings. The van der Waals surface area contributed by atoms with Crippen LogP contribution in [0.15, 0.2) is 54.6 Å². The molecule has 150 valence electrons. The van der Waals surface area contributed by atoms with E-state index in [4.69, 9.17) is 9.47 Å². The summed E-state index contributed by atoms with van der Waals surface area (Å²) in [7, 11) is 2.55. The second kappa shape index (κ2) is 8.73. The highest BCUT2D eigenvalue weighted by Crippen LogP contribution is 2.29. The molecule has 0 unspecified atom stereocenters. The van der Waals surface area contributed by atoms with Gasteiger partial charge in [0.25, 0.3) is 0 Å². The van der Waals surface area contributed by atoms with Gasteiger partial charge in [-0.3, -0.25) is 0 Å². The van der Waals surface area contributed by atoms with Gasteiger partial charge < -0.3 is 9.47 Å². The lowest BCUT2D eigenvalue weighted by Gasteiger charge is -2.07. The number of esters is 2. The van der Waals surface area contributed by atoms with Gasteiger partial charge in [0, 0.05) is 5.56 Å². The number of carbonyl (C=O) groups is 2.